The number of benzene rings is 1. The summed E-state index contributed by atoms with van der Waals surface area (Å²) in [6.07, 6.45) is 1.43. The third kappa shape index (κ3) is 8.91. The predicted octanol–water partition coefficient (Wildman–Crippen LogP) is 1.97. The average molecular weight is 376 g/mol. The van der Waals surface area contributed by atoms with E-state index in [0.717, 1.165) is 32.0 Å². The molecule has 27 heavy (non-hydrogen) atoms. The van der Waals surface area contributed by atoms with Gasteiger partial charge in [-0.05, 0) is 46.9 Å². The lowest BCUT2D eigenvalue weighted by molar-refractivity contribution is -0.130. The van der Waals surface area contributed by atoms with Crippen LogP contribution in [-0.4, -0.2) is 74.5 Å². The summed E-state index contributed by atoms with van der Waals surface area (Å²) in [5, 5.41) is 6.55. The van der Waals surface area contributed by atoms with Crippen molar-refractivity contribution >= 4 is 11.9 Å². The van der Waals surface area contributed by atoms with Gasteiger partial charge in [-0.2, -0.15) is 0 Å². The highest BCUT2D eigenvalue weighted by atomic mass is 16.2. The van der Waals surface area contributed by atoms with Crippen LogP contribution in [0.3, 0.4) is 0 Å². The van der Waals surface area contributed by atoms with Gasteiger partial charge < -0.3 is 20.4 Å². The van der Waals surface area contributed by atoms with Crippen LogP contribution in [0.15, 0.2) is 35.3 Å². The molecule has 1 atom stereocenters. The van der Waals surface area contributed by atoms with E-state index in [1.807, 2.05) is 31.7 Å². The van der Waals surface area contributed by atoms with Crippen molar-refractivity contribution in [1.82, 2.24) is 20.4 Å². The number of aliphatic imine (C=N–C) groups is 1. The van der Waals surface area contributed by atoms with Crippen molar-refractivity contribution in [3.05, 3.63) is 35.9 Å². The number of carbonyl (C=O) groups is 1. The molecular weight excluding hydrogens is 338 g/mol. The molecule has 1 rings (SSSR count). The highest BCUT2D eigenvalue weighted by Crippen LogP contribution is 2.07. The van der Waals surface area contributed by atoms with Crippen molar-refractivity contribution in [3.8, 4) is 0 Å². The van der Waals surface area contributed by atoms with Gasteiger partial charge in [0.1, 0.15) is 0 Å². The number of likely N-dealkylation sites (N-methyl/N-ethyl adjacent to an activating group) is 1. The molecule has 2 N–H and O–H groups in total. The van der Waals surface area contributed by atoms with E-state index in [0.29, 0.717) is 25.6 Å². The highest BCUT2D eigenvalue weighted by Gasteiger charge is 2.13. The molecule has 0 spiro atoms. The molecule has 0 heterocycles. The Morgan fingerprint density at radius 2 is 1.74 bits per heavy atom. The van der Waals surface area contributed by atoms with Crippen LogP contribution in [0.5, 0.6) is 0 Å². The summed E-state index contributed by atoms with van der Waals surface area (Å²) < 4.78 is 0. The molecule has 0 aliphatic heterocycles. The van der Waals surface area contributed by atoms with Crippen LogP contribution >= 0.6 is 0 Å². The summed E-state index contributed by atoms with van der Waals surface area (Å²) in [5.74, 6) is 0.948. The van der Waals surface area contributed by atoms with Crippen molar-refractivity contribution in [2.24, 2.45) is 4.99 Å². The first kappa shape index (κ1) is 23.0. The molecule has 1 amide bonds. The van der Waals surface area contributed by atoms with Gasteiger partial charge in [-0.15, -0.1) is 0 Å². The topological polar surface area (TPSA) is 60.0 Å². The molecule has 1 unspecified atom stereocenters. The van der Waals surface area contributed by atoms with Crippen molar-refractivity contribution in [2.75, 3.05) is 46.8 Å². The van der Waals surface area contributed by atoms with Crippen LogP contribution in [-0.2, 0) is 11.2 Å². The number of hydrogen-bond acceptors (Lipinski definition) is 3. The summed E-state index contributed by atoms with van der Waals surface area (Å²) in [6, 6.07) is 10.8. The van der Waals surface area contributed by atoms with Gasteiger partial charge in [-0.25, -0.2) is 0 Å². The van der Waals surface area contributed by atoms with Crippen LogP contribution in [0.2, 0.25) is 0 Å². The van der Waals surface area contributed by atoms with Crippen LogP contribution in [0.1, 0.15) is 32.8 Å². The number of rotatable bonds is 11. The predicted molar refractivity (Wildman–Crippen MR) is 114 cm³/mol. The number of guanidine groups is 1. The monoisotopic (exact) mass is 375 g/mol. The Bertz CT molecular complexity index is 555. The maximum absolute atomic E-state index is 12.1. The van der Waals surface area contributed by atoms with E-state index in [-0.39, 0.29) is 5.91 Å². The molecule has 1 aromatic carbocycles. The van der Waals surface area contributed by atoms with Gasteiger partial charge in [-0.3, -0.25) is 9.79 Å². The van der Waals surface area contributed by atoms with E-state index in [4.69, 9.17) is 4.99 Å². The van der Waals surface area contributed by atoms with E-state index < -0.39 is 0 Å². The van der Waals surface area contributed by atoms with Crippen molar-refractivity contribution in [1.29, 1.82) is 0 Å². The van der Waals surface area contributed by atoms with Gasteiger partial charge in [-0.1, -0.05) is 30.3 Å². The zero-order chi connectivity index (χ0) is 20.1. The number of nitrogens with zero attached hydrogens (tertiary/aromatic N) is 3. The number of amides is 1. The quantitative estimate of drug-likeness (QED) is 0.459. The molecule has 0 aromatic heterocycles. The number of nitrogens with one attached hydrogen (secondary N) is 2. The zero-order valence-corrected chi connectivity index (χ0v) is 17.7. The largest absolute Gasteiger partial charge is 0.357 e. The Labute approximate surface area is 165 Å². The fourth-order valence-corrected chi connectivity index (χ4v) is 2.86. The average Bonchev–Trinajstić information content (AvgIpc) is 2.66. The third-order valence-electron chi connectivity index (χ3n) is 4.60. The van der Waals surface area contributed by atoms with Crippen LogP contribution < -0.4 is 10.6 Å². The molecule has 1 aromatic rings. The second-order valence-electron chi connectivity index (χ2n) is 6.77. The first-order valence-corrected chi connectivity index (χ1v) is 10.0. The van der Waals surface area contributed by atoms with E-state index in [1.54, 1.807) is 0 Å². The van der Waals surface area contributed by atoms with Crippen LogP contribution in [0, 0.1) is 0 Å². The minimum absolute atomic E-state index is 0.179. The van der Waals surface area contributed by atoms with Crippen molar-refractivity contribution in [2.45, 2.75) is 39.7 Å². The fraction of sp³-hybridized carbons (Fsp3) is 0.619. The Balaban J connectivity index is 2.60. The molecule has 0 saturated carbocycles. The zero-order valence-electron chi connectivity index (χ0n) is 17.7. The lowest BCUT2D eigenvalue weighted by atomic mass is 10.1. The van der Waals surface area contributed by atoms with E-state index in [1.165, 1.54) is 5.56 Å². The van der Waals surface area contributed by atoms with Crippen LogP contribution in [0.4, 0.5) is 0 Å². The molecule has 0 aliphatic rings. The number of carbonyl (C=O) groups excluding carboxylic acids is 1. The third-order valence-corrected chi connectivity index (χ3v) is 4.60. The molecule has 0 fully saturated rings. The Kier molecular flexibility index (Phi) is 11.2. The van der Waals surface area contributed by atoms with Gasteiger partial charge in [0.25, 0.3) is 0 Å². The maximum Gasteiger partial charge on any atom is 0.224 e. The molecule has 6 nitrogen and oxygen atoms in total. The van der Waals surface area contributed by atoms with E-state index in [9.17, 15) is 4.79 Å². The maximum atomic E-state index is 12.1. The molecule has 0 radical (unpaired) electrons. The van der Waals surface area contributed by atoms with Gasteiger partial charge in [0.2, 0.25) is 5.91 Å². The van der Waals surface area contributed by atoms with Crippen LogP contribution in [0.25, 0.3) is 0 Å². The number of hydrogen-bond donors (Lipinski definition) is 2. The minimum Gasteiger partial charge on any atom is -0.357 e. The molecule has 0 saturated heterocycles. The first-order valence-electron chi connectivity index (χ1n) is 10.0. The minimum atomic E-state index is 0.179. The smallest absolute Gasteiger partial charge is 0.224 e. The lowest BCUT2D eigenvalue weighted by Gasteiger charge is -2.23. The molecule has 0 aliphatic carbocycles. The van der Waals surface area contributed by atoms with Gasteiger partial charge in [0.05, 0.1) is 6.54 Å². The van der Waals surface area contributed by atoms with E-state index in [2.05, 4.69) is 53.9 Å². The van der Waals surface area contributed by atoms with Crippen molar-refractivity contribution in [3.63, 3.8) is 0 Å². The molecular formula is C21H37N5O. The Morgan fingerprint density at radius 1 is 1.07 bits per heavy atom. The second-order valence-corrected chi connectivity index (χ2v) is 6.77. The van der Waals surface area contributed by atoms with Gasteiger partial charge >= 0.3 is 0 Å². The standard InChI is InChI=1S/C21H37N5O/c1-6-22-21(23-15-14-20(27)26(7-2)8-3)24-17-19(25(4)5)16-18-12-10-9-11-13-18/h9-13,19H,6-8,14-17H2,1-5H3,(H2,22,23,24). The van der Waals surface area contributed by atoms with E-state index >= 15 is 0 Å². The lowest BCUT2D eigenvalue weighted by Crippen LogP contribution is -2.41. The summed E-state index contributed by atoms with van der Waals surface area (Å²) in [5.41, 5.74) is 1.31. The highest BCUT2D eigenvalue weighted by molar-refractivity contribution is 5.81. The van der Waals surface area contributed by atoms with Gasteiger partial charge in [0, 0.05) is 38.6 Å². The summed E-state index contributed by atoms with van der Waals surface area (Å²) in [6.45, 7) is 9.66. The van der Waals surface area contributed by atoms with Crippen molar-refractivity contribution < 1.29 is 4.79 Å². The second kappa shape index (κ2) is 13.1. The molecule has 6 heteroatoms. The normalized spacial score (nSPS) is 12.7. The summed E-state index contributed by atoms with van der Waals surface area (Å²) in [4.78, 5) is 20.9. The Morgan fingerprint density at radius 3 is 2.30 bits per heavy atom. The fourth-order valence-electron chi connectivity index (χ4n) is 2.86. The summed E-state index contributed by atoms with van der Waals surface area (Å²) >= 11 is 0. The Hall–Kier alpha value is -2.08. The summed E-state index contributed by atoms with van der Waals surface area (Å²) in [7, 11) is 4.18. The SMILES string of the molecule is CCNC(=NCC(Cc1ccccc1)N(C)C)NCCC(=O)N(CC)CC. The first-order chi connectivity index (χ1) is 13.0. The van der Waals surface area contributed by atoms with Gasteiger partial charge in [0.15, 0.2) is 5.96 Å². The molecule has 0 bridgehead atoms. The molecule has 152 valence electrons.